The first kappa shape index (κ1) is 15.7. The Bertz CT molecular complexity index is 335. The topological polar surface area (TPSA) is 57.2 Å². The molecule has 1 aliphatic rings. The molecular formula is C8H16F3NO3S. The Morgan fingerprint density at radius 3 is 1.38 bits per heavy atom. The lowest BCUT2D eigenvalue weighted by atomic mass is 10.1. The van der Waals surface area contributed by atoms with Crippen LogP contribution in [-0.4, -0.2) is 48.6 Å². The summed E-state index contributed by atoms with van der Waals surface area (Å²) in [7, 11) is -3.77. The van der Waals surface area contributed by atoms with E-state index in [-0.39, 0.29) is 0 Å². The molecule has 0 radical (unpaired) electrons. The molecule has 1 rings (SSSR count). The van der Waals surface area contributed by atoms with Gasteiger partial charge in [-0.3, -0.25) is 0 Å². The highest BCUT2D eigenvalue weighted by molar-refractivity contribution is 7.86. The zero-order valence-corrected chi connectivity index (χ0v) is 10.4. The van der Waals surface area contributed by atoms with E-state index in [0.29, 0.717) is 5.54 Å². The summed E-state index contributed by atoms with van der Waals surface area (Å²) in [4.78, 5) is 0. The van der Waals surface area contributed by atoms with Crippen molar-refractivity contribution in [2.45, 2.75) is 31.8 Å². The van der Waals surface area contributed by atoms with Crippen molar-refractivity contribution < 1.29 is 30.6 Å². The van der Waals surface area contributed by atoms with Crippen LogP contribution in [0.2, 0.25) is 0 Å². The van der Waals surface area contributed by atoms with Crippen molar-refractivity contribution in [1.29, 1.82) is 0 Å². The van der Waals surface area contributed by atoms with Crippen molar-refractivity contribution in [3.63, 3.8) is 0 Å². The maximum atomic E-state index is 10.7. The first-order chi connectivity index (χ1) is 6.71. The van der Waals surface area contributed by atoms with Gasteiger partial charge < -0.3 is 9.04 Å². The van der Waals surface area contributed by atoms with Crippen LogP contribution in [0.5, 0.6) is 0 Å². The van der Waals surface area contributed by atoms with Crippen LogP contribution in [0, 0.1) is 0 Å². The Hall–Kier alpha value is -0.340. The fourth-order valence-electron chi connectivity index (χ4n) is 0.821. The first-order valence-electron chi connectivity index (χ1n) is 4.57. The third-order valence-corrected chi connectivity index (χ3v) is 3.36. The summed E-state index contributed by atoms with van der Waals surface area (Å²) in [6.45, 7) is 9.67. The lowest BCUT2D eigenvalue weighted by Crippen LogP contribution is -2.40. The van der Waals surface area contributed by atoms with E-state index in [2.05, 4.69) is 27.8 Å². The van der Waals surface area contributed by atoms with Crippen molar-refractivity contribution in [3.05, 3.63) is 0 Å². The van der Waals surface area contributed by atoms with Crippen molar-refractivity contribution in [2.24, 2.45) is 0 Å². The molecule has 1 fully saturated rings. The van der Waals surface area contributed by atoms with Crippen LogP contribution in [-0.2, 0) is 10.1 Å². The summed E-state index contributed by atoms with van der Waals surface area (Å²) in [5.41, 5.74) is -5.16. The highest BCUT2D eigenvalue weighted by Gasteiger charge is 2.47. The van der Waals surface area contributed by atoms with Crippen molar-refractivity contribution >= 4 is 10.1 Å². The molecule has 1 saturated heterocycles. The molecule has 1 heterocycles. The predicted octanol–water partition coefficient (Wildman–Crippen LogP) is 1.30. The summed E-state index contributed by atoms with van der Waals surface area (Å²) in [6, 6.07) is 0. The average Bonchev–Trinajstić information content (AvgIpc) is 2.63. The second-order valence-electron chi connectivity index (χ2n) is 4.91. The minimum atomic E-state index is -6.09. The van der Waals surface area contributed by atoms with Gasteiger partial charge >= 0.3 is 5.51 Å². The normalized spacial score (nSPS) is 19.8. The van der Waals surface area contributed by atoms with Gasteiger partial charge in [-0.25, -0.2) is 8.42 Å². The fourth-order valence-corrected chi connectivity index (χ4v) is 0.821. The van der Waals surface area contributed by atoms with E-state index in [1.807, 2.05) is 0 Å². The molecule has 0 amide bonds. The number of rotatable bonds is 0. The lowest BCUT2D eigenvalue weighted by Gasteiger charge is -2.28. The third kappa shape index (κ3) is 4.26. The van der Waals surface area contributed by atoms with Crippen LogP contribution >= 0.6 is 0 Å². The summed E-state index contributed by atoms with van der Waals surface area (Å²) < 4.78 is 60.2. The molecule has 4 nitrogen and oxygen atoms in total. The van der Waals surface area contributed by atoms with E-state index in [1.54, 1.807) is 0 Å². The molecule has 16 heavy (non-hydrogen) atoms. The lowest BCUT2D eigenvalue weighted by molar-refractivity contribution is -0.830. The van der Waals surface area contributed by atoms with Crippen LogP contribution in [0.25, 0.3) is 0 Å². The Morgan fingerprint density at radius 1 is 1.12 bits per heavy atom. The van der Waals surface area contributed by atoms with E-state index in [1.165, 1.54) is 17.6 Å². The van der Waals surface area contributed by atoms with Gasteiger partial charge in [-0.2, -0.15) is 13.2 Å². The van der Waals surface area contributed by atoms with Gasteiger partial charge in [-0.1, -0.05) is 0 Å². The number of nitrogens with zero attached hydrogens (tertiary/aromatic N) is 1. The van der Waals surface area contributed by atoms with Crippen molar-refractivity contribution in [3.8, 4) is 0 Å². The van der Waals surface area contributed by atoms with Gasteiger partial charge in [0.1, 0.15) is 13.1 Å². The molecule has 0 saturated carbocycles. The SMILES string of the molecule is CC(C)(C)[N+]1(C)CC1.O=S(=O)([O-])C(F)(F)F. The highest BCUT2D eigenvalue weighted by Crippen LogP contribution is 2.30. The smallest absolute Gasteiger partial charge is 0.485 e. The molecule has 1 aliphatic heterocycles. The van der Waals surface area contributed by atoms with Crippen LogP contribution < -0.4 is 0 Å². The molecule has 0 spiro atoms. The maximum Gasteiger partial charge on any atom is 0.485 e. The molecule has 0 atom stereocenters. The molecule has 0 N–H and O–H groups in total. The molecule has 0 aliphatic carbocycles. The van der Waals surface area contributed by atoms with Gasteiger partial charge in [0.2, 0.25) is 0 Å². The number of quaternary nitrogens is 1. The van der Waals surface area contributed by atoms with Crippen molar-refractivity contribution in [1.82, 2.24) is 0 Å². The highest BCUT2D eigenvalue weighted by atomic mass is 32.2. The zero-order valence-electron chi connectivity index (χ0n) is 9.63. The standard InChI is InChI=1S/C7H16N.CHF3O3S/c1-7(2,3)8(4)5-6-8;2-1(3,4)8(5,6)7/h5-6H2,1-4H3;(H,5,6,7)/q+1;/p-1. The van der Waals surface area contributed by atoms with Crippen LogP contribution in [0.3, 0.4) is 0 Å². The Balaban J connectivity index is 0.000000281. The van der Waals surface area contributed by atoms with Crippen LogP contribution in [0.1, 0.15) is 20.8 Å². The molecular weight excluding hydrogens is 247 g/mol. The quantitative estimate of drug-likeness (QED) is 0.286. The zero-order chi connectivity index (χ0) is 13.4. The van der Waals surface area contributed by atoms with E-state index < -0.39 is 15.6 Å². The summed E-state index contributed by atoms with van der Waals surface area (Å²) in [6.07, 6.45) is 0. The Labute approximate surface area is 93.4 Å². The summed E-state index contributed by atoms with van der Waals surface area (Å²) in [5, 5.41) is 0. The van der Waals surface area contributed by atoms with Gasteiger partial charge in [-0.05, 0) is 20.8 Å². The third-order valence-electron chi connectivity index (χ3n) is 2.80. The first-order valence-corrected chi connectivity index (χ1v) is 5.98. The van der Waals surface area contributed by atoms with E-state index >= 15 is 0 Å². The molecule has 98 valence electrons. The summed E-state index contributed by atoms with van der Waals surface area (Å²) in [5.74, 6) is 0. The molecule has 0 unspecified atom stereocenters. The second kappa shape index (κ2) is 4.15. The van der Waals surface area contributed by atoms with E-state index in [0.717, 1.165) is 0 Å². The Kier molecular flexibility index (Phi) is 4.07. The minimum Gasteiger partial charge on any atom is -0.741 e. The average molecular weight is 263 g/mol. The van der Waals surface area contributed by atoms with Crippen molar-refractivity contribution in [2.75, 3.05) is 20.1 Å². The molecule has 8 heteroatoms. The number of alkyl halides is 3. The minimum absolute atomic E-state index is 0.486. The largest absolute Gasteiger partial charge is 0.741 e. The van der Waals surface area contributed by atoms with Crippen LogP contribution in [0.4, 0.5) is 13.2 Å². The van der Waals surface area contributed by atoms with E-state index in [4.69, 9.17) is 13.0 Å². The molecule has 0 bridgehead atoms. The fraction of sp³-hybridized carbons (Fsp3) is 1.00. The predicted molar refractivity (Wildman–Crippen MR) is 51.4 cm³/mol. The molecule has 0 aromatic carbocycles. The van der Waals surface area contributed by atoms with Crippen LogP contribution in [0.15, 0.2) is 0 Å². The number of hydrogen-bond donors (Lipinski definition) is 0. The number of hydrogen-bond acceptors (Lipinski definition) is 3. The Morgan fingerprint density at radius 2 is 1.38 bits per heavy atom. The van der Waals surface area contributed by atoms with Gasteiger partial charge in [-0.15, -0.1) is 0 Å². The monoisotopic (exact) mass is 263 g/mol. The number of likely N-dealkylation sites (N-methyl/N-ethyl adjacent to an activating group) is 1. The maximum absolute atomic E-state index is 10.7. The van der Waals surface area contributed by atoms with Gasteiger partial charge in [0.25, 0.3) is 0 Å². The summed E-state index contributed by atoms with van der Waals surface area (Å²) >= 11 is 0. The molecule has 0 aromatic heterocycles. The van der Waals surface area contributed by atoms with E-state index in [9.17, 15) is 13.2 Å². The van der Waals surface area contributed by atoms with Gasteiger partial charge in [0.05, 0.1) is 12.6 Å². The van der Waals surface area contributed by atoms with Gasteiger partial charge in [0.15, 0.2) is 10.1 Å². The molecule has 0 aromatic rings. The second-order valence-corrected chi connectivity index (χ2v) is 6.28. The van der Waals surface area contributed by atoms with Gasteiger partial charge in [0, 0.05) is 0 Å². The number of halogens is 3.